The third-order valence-electron chi connectivity index (χ3n) is 3.29. The Morgan fingerprint density at radius 3 is 3.22 bits per heavy atom. The van der Waals surface area contributed by atoms with Crippen LogP contribution >= 0.6 is 15.9 Å². The largest absolute Gasteiger partial charge is 0.381 e. The third-order valence-corrected chi connectivity index (χ3v) is 3.73. The van der Waals surface area contributed by atoms with Crippen LogP contribution in [0.5, 0.6) is 0 Å². The summed E-state index contributed by atoms with van der Waals surface area (Å²) in [6, 6.07) is 1.93. The van der Waals surface area contributed by atoms with Crippen LogP contribution in [0.2, 0.25) is 0 Å². The number of halogens is 1. The van der Waals surface area contributed by atoms with Gasteiger partial charge in [0.25, 0.3) is 0 Å². The van der Waals surface area contributed by atoms with Gasteiger partial charge in [-0.05, 0) is 34.8 Å². The first-order valence-electron chi connectivity index (χ1n) is 6.00. The molecule has 1 aliphatic rings. The molecule has 1 unspecified atom stereocenters. The van der Waals surface area contributed by atoms with Crippen LogP contribution in [0.4, 0.5) is 0 Å². The van der Waals surface area contributed by atoms with Crippen molar-refractivity contribution in [2.75, 3.05) is 13.2 Å². The number of pyridine rings is 1. The van der Waals surface area contributed by atoms with E-state index in [0.717, 1.165) is 35.0 Å². The van der Waals surface area contributed by atoms with Crippen LogP contribution in [0, 0.1) is 5.92 Å². The maximum Gasteiger partial charge on any atom is 0.170 e. The zero-order chi connectivity index (χ0) is 12.5. The summed E-state index contributed by atoms with van der Waals surface area (Å²) in [5.41, 5.74) is 1.47. The molecule has 18 heavy (non-hydrogen) atoms. The number of fused-ring (bicyclic) bond motifs is 1. The zero-order valence-electron chi connectivity index (χ0n) is 9.78. The topological polar surface area (TPSA) is 55.0 Å². The van der Waals surface area contributed by atoms with Crippen molar-refractivity contribution in [3.05, 3.63) is 28.5 Å². The quantitative estimate of drug-likeness (QED) is 0.868. The first kappa shape index (κ1) is 11.9. The number of carbonyl (C=O) groups excluding carboxylic acids is 1. The number of aromatic nitrogens is 2. The monoisotopic (exact) mass is 308 g/mol. The minimum atomic E-state index is -0.0169. The Labute approximate surface area is 113 Å². The van der Waals surface area contributed by atoms with Crippen molar-refractivity contribution in [1.82, 2.24) is 9.97 Å². The van der Waals surface area contributed by atoms with Crippen LogP contribution in [0.15, 0.2) is 22.9 Å². The Balaban J connectivity index is 1.98. The molecule has 1 saturated heterocycles. The summed E-state index contributed by atoms with van der Waals surface area (Å²) in [4.78, 5) is 19.7. The Hall–Kier alpha value is -1.20. The average Bonchev–Trinajstić information content (AvgIpc) is 2.82. The van der Waals surface area contributed by atoms with E-state index in [-0.39, 0.29) is 11.7 Å². The number of Topliss-reactive ketones (excluding diaryl/α,β-unsaturated/α-hetero) is 1. The molecule has 3 heterocycles. The van der Waals surface area contributed by atoms with Gasteiger partial charge in [0.15, 0.2) is 5.78 Å². The summed E-state index contributed by atoms with van der Waals surface area (Å²) in [6.07, 6.45) is 5.34. The number of aromatic amines is 1. The molecule has 0 spiro atoms. The molecule has 0 bridgehead atoms. The molecule has 0 radical (unpaired) electrons. The average molecular weight is 309 g/mol. The fraction of sp³-hybridized carbons (Fsp3) is 0.385. The number of rotatable bonds is 2. The second kappa shape index (κ2) is 4.82. The summed E-state index contributed by atoms with van der Waals surface area (Å²) in [7, 11) is 0. The smallest absolute Gasteiger partial charge is 0.170 e. The van der Waals surface area contributed by atoms with Gasteiger partial charge < -0.3 is 9.72 Å². The predicted octanol–water partition coefficient (Wildman–Crippen LogP) is 2.93. The molecule has 94 valence electrons. The van der Waals surface area contributed by atoms with Crippen LogP contribution in [-0.4, -0.2) is 29.0 Å². The van der Waals surface area contributed by atoms with Gasteiger partial charge in [0.05, 0.1) is 6.61 Å². The second-order valence-corrected chi connectivity index (χ2v) is 5.45. The number of carbonyl (C=O) groups is 1. The van der Waals surface area contributed by atoms with Gasteiger partial charge in [0, 0.05) is 40.3 Å². The van der Waals surface area contributed by atoms with E-state index in [0.29, 0.717) is 12.2 Å². The van der Waals surface area contributed by atoms with E-state index in [1.54, 1.807) is 12.4 Å². The van der Waals surface area contributed by atoms with Gasteiger partial charge in [0.2, 0.25) is 0 Å². The Kier molecular flexibility index (Phi) is 3.18. The van der Waals surface area contributed by atoms with Crippen LogP contribution in [0.25, 0.3) is 11.0 Å². The van der Waals surface area contributed by atoms with Gasteiger partial charge in [-0.3, -0.25) is 4.79 Å². The molecule has 0 saturated carbocycles. The summed E-state index contributed by atoms with van der Waals surface area (Å²) in [5, 5.41) is 0.875. The van der Waals surface area contributed by atoms with Crippen LogP contribution in [0.3, 0.4) is 0 Å². The first-order chi connectivity index (χ1) is 8.75. The summed E-state index contributed by atoms with van der Waals surface area (Å²) < 4.78 is 6.26. The Morgan fingerprint density at radius 1 is 1.56 bits per heavy atom. The van der Waals surface area contributed by atoms with Gasteiger partial charge in [-0.2, -0.15) is 0 Å². The first-order valence-corrected chi connectivity index (χ1v) is 6.79. The second-order valence-electron chi connectivity index (χ2n) is 4.53. The highest BCUT2D eigenvalue weighted by Gasteiger charge is 2.25. The van der Waals surface area contributed by atoms with Crippen LogP contribution < -0.4 is 0 Å². The molecule has 4 nitrogen and oxygen atoms in total. The maximum absolute atomic E-state index is 12.4. The predicted molar refractivity (Wildman–Crippen MR) is 71.7 cm³/mol. The normalized spacial score (nSPS) is 20.2. The molecule has 1 atom stereocenters. The number of ether oxygens (including phenoxy) is 1. The van der Waals surface area contributed by atoms with Gasteiger partial charge in [0.1, 0.15) is 5.65 Å². The van der Waals surface area contributed by atoms with Crippen molar-refractivity contribution >= 4 is 32.7 Å². The molecule has 5 heteroatoms. The standard InChI is InChI=1S/C13H13BrN2O2/c14-9-4-10-11(6-16-13(10)15-5-9)12(17)8-2-1-3-18-7-8/h4-6,8H,1-3,7H2,(H,15,16). The fourth-order valence-electron chi connectivity index (χ4n) is 2.35. The van der Waals surface area contributed by atoms with E-state index in [2.05, 4.69) is 25.9 Å². The van der Waals surface area contributed by atoms with Gasteiger partial charge in [-0.15, -0.1) is 0 Å². The van der Waals surface area contributed by atoms with E-state index >= 15 is 0 Å². The number of nitrogens with zero attached hydrogens (tertiary/aromatic N) is 1. The lowest BCUT2D eigenvalue weighted by Gasteiger charge is -2.20. The van der Waals surface area contributed by atoms with Gasteiger partial charge in [-0.25, -0.2) is 4.98 Å². The molecule has 3 rings (SSSR count). The van der Waals surface area contributed by atoms with Crippen molar-refractivity contribution in [3.63, 3.8) is 0 Å². The highest BCUT2D eigenvalue weighted by Crippen LogP contribution is 2.25. The van der Waals surface area contributed by atoms with Crippen molar-refractivity contribution < 1.29 is 9.53 Å². The number of hydrogen-bond donors (Lipinski definition) is 1. The Bertz CT molecular complexity index is 588. The maximum atomic E-state index is 12.4. The van der Waals surface area contributed by atoms with Gasteiger partial charge >= 0.3 is 0 Å². The summed E-state index contributed by atoms with van der Waals surface area (Å²) in [6.45, 7) is 1.30. The molecule has 1 aliphatic heterocycles. The SMILES string of the molecule is O=C(c1c[nH]c2ncc(Br)cc12)C1CCCOC1. The van der Waals surface area contributed by atoms with Crippen LogP contribution in [0.1, 0.15) is 23.2 Å². The molecule has 0 amide bonds. The van der Waals surface area contributed by atoms with E-state index in [1.165, 1.54) is 0 Å². The van der Waals surface area contributed by atoms with Crippen molar-refractivity contribution in [2.24, 2.45) is 5.92 Å². The third kappa shape index (κ3) is 2.08. The highest BCUT2D eigenvalue weighted by molar-refractivity contribution is 9.10. The molecule has 0 aromatic carbocycles. The lowest BCUT2D eigenvalue weighted by molar-refractivity contribution is 0.0462. The van der Waals surface area contributed by atoms with Crippen molar-refractivity contribution in [1.29, 1.82) is 0 Å². The molecule has 2 aromatic heterocycles. The molecule has 1 N–H and O–H groups in total. The molecule has 0 aliphatic carbocycles. The van der Waals surface area contributed by atoms with E-state index in [1.807, 2.05) is 6.07 Å². The van der Waals surface area contributed by atoms with E-state index in [4.69, 9.17) is 4.74 Å². The lowest BCUT2D eigenvalue weighted by atomic mass is 9.93. The summed E-state index contributed by atoms with van der Waals surface area (Å²) in [5.74, 6) is 0.137. The molecule has 1 fully saturated rings. The number of H-pyrrole nitrogens is 1. The Morgan fingerprint density at radius 2 is 2.44 bits per heavy atom. The van der Waals surface area contributed by atoms with Gasteiger partial charge in [-0.1, -0.05) is 0 Å². The zero-order valence-corrected chi connectivity index (χ0v) is 11.4. The van der Waals surface area contributed by atoms with E-state index < -0.39 is 0 Å². The molecular formula is C13H13BrN2O2. The number of hydrogen-bond acceptors (Lipinski definition) is 3. The van der Waals surface area contributed by atoms with Crippen molar-refractivity contribution in [2.45, 2.75) is 12.8 Å². The van der Waals surface area contributed by atoms with Crippen molar-refractivity contribution in [3.8, 4) is 0 Å². The number of nitrogens with one attached hydrogen (secondary N) is 1. The fourth-order valence-corrected chi connectivity index (χ4v) is 2.68. The van der Waals surface area contributed by atoms with E-state index in [9.17, 15) is 4.79 Å². The highest BCUT2D eigenvalue weighted by atomic mass is 79.9. The molecule has 2 aromatic rings. The lowest BCUT2D eigenvalue weighted by Crippen LogP contribution is -2.25. The summed E-state index contributed by atoms with van der Waals surface area (Å²) >= 11 is 3.38. The minimum absolute atomic E-state index is 0.0169. The number of ketones is 1. The molecular weight excluding hydrogens is 296 g/mol. The minimum Gasteiger partial charge on any atom is -0.381 e. The van der Waals surface area contributed by atoms with Crippen LogP contribution in [-0.2, 0) is 4.74 Å².